The molecule has 2 radical (unpaired) electrons. The summed E-state index contributed by atoms with van der Waals surface area (Å²) in [5.74, 6) is 0. The summed E-state index contributed by atoms with van der Waals surface area (Å²) >= 11 is 0. The van der Waals surface area contributed by atoms with Gasteiger partial charge in [-0.2, -0.15) is 6.08 Å². The zero-order valence-corrected chi connectivity index (χ0v) is 23.6. The van der Waals surface area contributed by atoms with E-state index >= 15 is 0 Å². The summed E-state index contributed by atoms with van der Waals surface area (Å²) < 4.78 is 0. The van der Waals surface area contributed by atoms with Crippen LogP contribution in [0.4, 0.5) is 0 Å². The summed E-state index contributed by atoms with van der Waals surface area (Å²) in [6.45, 7) is 0. The number of allylic oxidation sites excluding steroid dienone is 4. The standard InChI is InChI=1S/C25H19Si.C5H5.2ClH.Zr/c1-3-11-19(12-4-1)26(20-13-5-2-6-14-20)25-23-17-9-7-15-21(23)22-16-8-10-18-24(22)25;1-2-4-5-3-1;;;/h1-18,25H;1-3H,4H2;2*1H;/q;-1;;;+3/p-2. The van der Waals surface area contributed by atoms with Crippen molar-refractivity contribution < 1.29 is 51.0 Å². The molecule has 4 heteroatoms. The van der Waals surface area contributed by atoms with Gasteiger partial charge in [0, 0.05) is 5.54 Å². The van der Waals surface area contributed by atoms with E-state index in [4.69, 9.17) is 0 Å². The van der Waals surface area contributed by atoms with Gasteiger partial charge in [0.05, 0.1) is 0 Å². The average Bonchev–Trinajstić information content (AvgIpc) is 3.53. The fourth-order valence-corrected chi connectivity index (χ4v) is 7.77. The molecule has 0 saturated heterocycles. The Morgan fingerprint density at radius 3 is 1.41 bits per heavy atom. The first-order valence-electron chi connectivity index (χ1n) is 10.8. The van der Waals surface area contributed by atoms with Crippen molar-refractivity contribution >= 4 is 19.2 Å². The molecule has 0 unspecified atom stereocenters. The van der Waals surface area contributed by atoms with Gasteiger partial charge in [0.1, 0.15) is 8.80 Å². The maximum atomic E-state index is 2.99. The van der Waals surface area contributed by atoms with Crippen molar-refractivity contribution in [1.29, 1.82) is 0 Å². The molecule has 0 heterocycles. The molecule has 2 aliphatic carbocycles. The molecule has 4 aromatic rings. The molecule has 0 amide bonds. The molecule has 34 heavy (non-hydrogen) atoms. The fraction of sp³-hybridized carbons (Fsp3) is 0.0667. The third kappa shape index (κ3) is 5.99. The van der Waals surface area contributed by atoms with E-state index in [1.165, 1.54) is 32.6 Å². The second-order valence-corrected chi connectivity index (χ2v) is 10.3. The minimum atomic E-state index is -1.00. The molecule has 166 valence electrons. The van der Waals surface area contributed by atoms with Crippen LogP contribution in [-0.4, -0.2) is 8.80 Å². The van der Waals surface area contributed by atoms with Crippen molar-refractivity contribution in [1.82, 2.24) is 0 Å². The largest absolute Gasteiger partial charge is 3.00 e. The minimum absolute atomic E-state index is 0. The summed E-state index contributed by atoms with van der Waals surface area (Å²) in [6, 6.07) is 40.1. The molecule has 0 bridgehead atoms. The van der Waals surface area contributed by atoms with E-state index in [0.29, 0.717) is 5.54 Å². The molecule has 0 atom stereocenters. The molecule has 0 N–H and O–H groups in total. The van der Waals surface area contributed by atoms with Gasteiger partial charge < -0.3 is 24.8 Å². The summed E-state index contributed by atoms with van der Waals surface area (Å²) in [5.41, 5.74) is 6.22. The first-order valence-corrected chi connectivity index (χ1v) is 12.4. The quantitative estimate of drug-likeness (QED) is 0.238. The molecule has 0 aromatic heterocycles. The molecule has 2 aliphatic rings. The number of rotatable bonds is 3. The van der Waals surface area contributed by atoms with Crippen molar-refractivity contribution in [3.63, 3.8) is 0 Å². The van der Waals surface area contributed by atoms with Gasteiger partial charge in [-0.15, -0.1) is 6.42 Å². The van der Waals surface area contributed by atoms with Crippen LogP contribution in [0.3, 0.4) is 0 Å². The molecule has 0 fully saturated rings. The molecule has 4 aromatic carbocycles. The smallest absolute Gasteiger partial charge is 1.00 e. The van der Waals surface area contributed by atoms with Crippen LogP contribution in [0.1, 0.15) is 23.1 Å². The van der Waals surface area contributed by atoms with Crippen LogP contribution < -0.4 is 35.2 Å². The number of fused-ring (bicyclic) bond motifs is 3. The van der Waals surface area contributed by atoms with Gasteiger partial charge in [0.25, 0.3) is 0 Å². The average molecular weight is 575 g/mol. The predicted octanol–water partition coefficient (Wildman–Crippen LogP) is -0.0415. The monoisotopic (exact) mass is 572 g/mol. The van der Waals surface area contributed by atoms with Crippen LogP contribution in [0.5, 0.6) is 0 Å². The summed E-state index contributed by atoms with van der Waals surface area (Å²) in [4.78, 5) is 0. The van der Waals surface area contributed by atoms with Crippen molar-refractivity contribution in [2.45, 2.75) is 12.0 Å². The minimum Gasteiger partial charge on any atom is -1.00 e. The van der Waals surface area contributed by atoms with Gasteiger partial charge in [0.15, 0.2) is 0 Å². The van der Waals surface area contributed by atoms with Crippen molar-refractivity contribution in [2.75, 3.05) is 0 Å². The van der Waals surface area contributed by atoms with Crippen LogP contribution in [0.2, 0.25) is 0 Å². The molecular formula is C30H24Cl2SiZr. The van der Waals surface area contributed by atoms with E-state index in [1.807, 2.05) is 12.2 Å². The summed E-state index contributed by atoms with van der Waals surface area (Å²) in [5, 5.41) is 2.94. The second kappa shape index (κ2) is 13.8. The SMILES string of the molecule is [C-]1=CC=CC1.[Cl-].[Cl-].[Zr+3].c1ccc([Si](c2ccccc2)C2c3ccccc3-c3ccccc32)cc1. The Morgan fingerprint density at radius 2 is 1.03 bits per heavy atom. The van der Waals surface area contributed by atoms with Gasteiger partial charge >= 0.3 is 26.2 Å². The Bertz CT molecular complexity index is 1130. The molecule has 0 nitrogen and oxygen atoms in total. The maximum Gasteiger partial charge on any atom is 3.00 e. The molecule has 0 saturated carbocycles. The second-order valence-electron chi connectivity index (χ2n) is 7.76. The predicted molar refractivity (Wildman–Crippen MR) is 133 cm³/mol. The van der Waals surface area contributed by atoms with E-state index in [2.05, 4.69) is 121 Å². The Hall–Kier alpha value is -1.96. The van der Waals surface area contributed by atoms with Crippen LogP contribution in [0.25, 0.3) is 11.1 Å². The maximum absolute atomic E-state index is 2.99. The van der Waals surface area contributed by atoms with Gasteiger partial charge in [-0.25, -0.2) is 12.2 Å². The Balaban J connectivity index is 0.000000458. The Labute approximate surface area is 236 Å². The number of benzene rings is 4. The third-order valence-electron chi connectivity index (χ3n) is 5.88. The van der Waals surface area contributed by atoms with Crippen LogP contribution in [0.15, 0.2) is 127 Å². The Morgan fingerprint density at radius 1 is 0.588 bits per heavy atom. The van der Waals surface area contributed by atoms with Gasteiger partial charge in [-0.1, -0.05) is 120 Å². The van der Waals surface area contributed by atoms with E-state index in [-0.39, 0.29) is 51.0 Å². The van der Waals surface area contributed by atoms with Gasteiger partial charge in [0.2, 0.25) is 0 Å². The van der Waals surface area contributed by atoms with E-state index < -0.39 is 8.80 Å². The number of hydrogen-bond donors (Lipinski definition) is 0. The zero-order valence-electron chi connectivity index (χ0n) is 18.7. The molecule has 0 aliphatic heterocycles. The van der Waals surface area contributed by atoms with E-state index in [1.54, 1.807) is 0 Å². The molecule has 6 rings (SSSR count). The number of hydrogen-bond acceptors (Lipinski definition) is 0. The van der Waals surface area contributed by atoms with E-state index in [9.17, 15) is 0 Å². The third-order valence-corrected chi connectivity index (χ3v) is 8.99. The Kier molecular flexibility index (Phi) is 11.5. The van der Waals surface area contributed by atoms with E-state index in [0.717, 1.165) is 6.42 Å². The molecular weight excluding hydrogens is 551 g/mol. The summed E-state index contributed by atoms with van der Waals surface area (Å²) in [6.07, 6.45) is 10.0. The van der Waals surface area contributed by atoms with Crippen molar-refractivity contribution in [2.24, 2.45) is 0 Å². The van der Waals surface area contributed by atoms with Gasteiger partial charge in [-0.05, 0) is 22.3 Å². The van der Waals surface area contributed by atoms with Crippen LogP contribution >= 0.6 is 0 Å². The fourth-order valence-electron chi connectivity index (χ4n) is 4.54. The van der Waals surface area contributed by atoms with Crippen molar-refractivity contribution in [3.8, 4) is 11.1 Å². The zero-order chi connectivity index (χ0) is 20.9. The topological polar surface area (TPSA) is 0 Å². The number of halogens is 2. The van der Waals surface area contributed by atoms with Crippen LogP contribution in [-0.2, 0) is 26.2 Å². The first-order chi connectivity index (χ1) is 15.4. The van der Waals surface area contributed by atoms with Crippen LogP contribution in [0, 0.1) is 6.08 Å². The normalized spacial score (nSPS) is 12.4. The van der Waals surface area contributed by atoms with Gasteiger partial charge in [-0.3, -0.25) is 6.08 Å². The first kappa shape index (κ1) is 28.3. The summed E-state index contributed by atoms with van der Waals surface area (Å²) in [7, 11) is -1.00. The van der Waals surface area contributed by atoms with Crippen molar-refractivity contribution in [3.05, 3.63) is 145 Å². The molecule has 0 spiro atoms.